The van der Waals surface area contributed by atoms with Gasteiger partial charge in [-0.15, -0.1) is 0 Å². The summed E-state index contributed by atoms with van der Waals surface area (Å²) in [6, 6.07) is 24.2. The van der Waals surface area contributed by atoms with Gasteiger partial charge in [0.1, 0.15) is 12.4 Å². The van der Waals surface area contributed by atoms with Crippen molar-refractivity contribution in [3.63, 3.8) is 0 Å². The predicted octanol–water partition coefficient (Wildman–Crippen LogP) is 5.42. The lowest BCUT2D eigenvalue weighted by atomic mass is 10.0. The van der Waals surface area contributed by atoms with E-state index in [-0.39, 0.29) is 0 Å². The quantitative estimate of drug-likeness (QED) is 0.644. The second-order valence-corrected chi connectivity index (χ2v) is 5.93. The van der Waals surface area contributed by atoms with Crippen LogP contribution in [-0.2, 0) is 6.61 Å². The van der Waals surface area contributed by atoms with E-state index in [4.69, 9.17) is 10.00 Å². The first-order valence-electron chi connectivity index (χ1n) is 7.95. The molecular formula is C22H19NO. The van der Waals surface area contributed by atoms with E-state index in [1.807, 2.05) is 48.5 Å². The van der Waals surface area contributed by atoms with E-state index >= 15 is 0 Å². The van der Waals surface area contributed by atoms with Crippen molar-refractivity contribution in [2.24, 2.45) is 0 Å². The molecule has 0 saturated carbocycles. The fourth-order valence-corrected chi connectivity index (χ4v) is 2.60. The highest BCUT2D eigenvalue weighted by Gasteiger charge is 2.02. The molecule has 0 fully saturated rings. The summed E-state index contributed by atoms with van der Waals surface area (Å²) in [6.07, 6.45) is 0. The molecule has 0 atom stereocenters. The number of nitriles is 1. The maximum absolute atomic E-state index is 8.86. The highest BCUT2D eigenvalue weighted by Crippen LogP contribution is 2.23. The minimum absolute atomic E-state index is 0.573. The molecule has 0 N–H and O–H groups in total. The average molecular weight is 313 g/mol. The smallest absolute Gasteiger partial charge is 0.119 e. The van der Waals surface area contributed by atoms with Crippen molar-refractivity contribution >= 4 is 0 Å². The fourth-order valence-electron chi connectivity index (χ4n) is 2.60. The van der Waals surface area contributed by atoms with Crippen molar-refractivity contribution in [1.29, 1.82) is 5.26 Å². The Bertz CT molecular complexity index is 871. The van der Waals surface area contributed by atoms with Gasteiger partial charge in [0.2, 0.25) is 0 Å². The Kier molecular flexibility index (Phi) is 4.63. The third-order valence-electron chi connectivity index (χ3n) is 4.10. The minimum atomic E-state index is 0.573. The van der Waals surface area contributed by atoms with Gasteiger partial charge in [0, 0.05) is 0 Å². The lowest BCUT2D eigenvalue weighted by molar-refractivity contribution is 0.305. The number of nitrogens with zero attached hydrogens (tertiary/aromatic N) is 1. The Morgan fingerprint density at radius 3 is 2.08 bits per heavy atom. The van der Waals surface area contributed by atoms with Gasteiger partial charge in [0.25, 0.3) is 0 Å². The Labute approximate surface area is 143 Å². The molecule has 0 aliphatic carbocycles. The lowest BCUT2D eigenvalue weighted by Crippen LogP contribution is -1.98. The van der Waals surface area contributed by atoms with Gasteiger partial charge in [-0.3, -0.25) is 0 Å². The molecule has 0 aliphatic rings. The number of hydrogen-bond donors (Lipinski definition) is 0. The van der Waals surface area contributed by atoms with E-state index in [1.54, 1.807) is 0 Å². The zero-order chi connectivity index (χ0) is 16.9. The lowest BCUT2D eigenvalue weighted by Gasteiger charge is -2.10. The molecule has 2 nitrogen and oxygen atoms in total. The molecular weight excluding hydrogens is 294 g/mol. The Hall–Kier alpha value is -3.05. The number of rotatable bonds is 4. The highest BCUT2D eigenvalue weighted by molar-refractivity contribution is 5.64. The van der Waals surface area contributed by atoms with Gasteiger partial charge < -0.3 is 4.74 Å². The van der Waals surface area contributed by atoms with Gasteiger partial charge in [-0.2, -0.15) is 5.26 Å². The van der Waals surface area contributed by atoms with E-state index in [2.05, 4.69) is 38.1 Å². The third kappa shape index (κ3) is 3.64. The van der Waals surface area contributed by atoms with E-state index in [0.29, 0.717) is 12.2 Å². The minimum Gasteiger partial charge on any atom is -0.489 e. The van der Waals surface area contributed by atoms with Crippen LogP contribution in [0.5, 0.6) is 5.75 Å². The molecule has 118 valence electrons. The van der Waals surface area contributed by atoms with E-state index < -0.39 is 0 Å². The van der Waals surface area contributed by atoms with E-state index in [0.717, 1.165) is 16.9 Å². The molecule has 0 aliphatic heterocycles. The third-order valence-corrected chi connectivity index (χ3v) is 4.10. The summed E-state index contributed by atoms with van der Waals surface area (Å²) >= 11 is 0. The van der Waals surface area contributed by atoms with Crippen LogP contribution in [0, 0.1) is 25.2 Å². The Morgan fingerprint density at radius 1 is 0.833 bits per heavy atom. The van der Waals surface area contributed by atoms with Gasteiger partial charge in [-0.1, -0.05) is 48.0 Å². The van der Waals surface area contributed by atoms with Crippen LogP contribution in [0.1, 0.15) is 22.3 Å². The summed E-state index contributed by atoms with van der Waals surface area (Å²) in [6.45, 7) is 4.77. The normalized spacial score (nSPS) is 10.2. The van der Waals surface area contributed by atoms with Crippen molar-refractivity contribution in [2.45, 2.75) is 20.5 Å². The van der Waals surface area contributed by atoms with Crippen molar-refractivity contribution < 1.29 is 4.74 Å². The van der Waals surface area contributed by atoms with Crippen LogP contribution in [0.4, 0.5) is 0 Å². The standard InChI is InChI=1S/C22H19NO/c1-16-3-4-17(2)21(13-16)15-24-22-11-9-20(10-12-22)19-7-5-18(14-23)6-8-19/h3-13H,15H2,1-2H3. The Morgan fingerprint density at radius 2 is 1.46 bits per heavy atom. The monoisotopic (exact) mass is 313 g/mol. The van der Waals surface area contributed by atoms with Gasteiger partial charge in [-0.05, 0) is 60.4 Å². The molecule has 0 amide bonds. The van der Waals surface area contributed by atoms with Crippen molar-refractivity contribution in [2.75, 3.05) is 0 Å². The van der Waals surface area contributed by atoms with Gasteiger partial charge in [0.15, 0.2) is 0 Å². The molecule has 0 heterocycles. The molecule has 2 heteroatoms. The van der Waals surface area contributed by atoms with Crippen LogP contribution in [0.15, 0.2) is 66.7 Å². The van der Waals surface area contributed by atoms with Crippen LogP contribution < -0.4 is 4.74 Å². The van der Waals surface area contributed by atoms with E-state index in [9.17, 15) is 0 Å². The Balaban J connectivity index is 1.70. The first-order chi connectivity index (χ1) is 11.7. The van der Waals surface area contributed by atoms with Crippen molar-refractivity contribution in [1.82, 2.24) is 0 Å². The maximum atomic E-state index is 8.86. The maximum Gasteiger partial charge on any atom is 0.119 e. The summed E-state index contributed by atoms with van der Waals surface area (Å²) in [5.41, 5.74) is 6.58. The zero-order valence-corrected chi connectivity index (χ0v) is 13.9. The van der Waals surface area contributed by atoms with Gasteiger partial charge in [-0.25, -0.2) is 0 Å². The molecule has 3 rings (SSSR count). The van der Waals surface area contributed by atoms with Gasteiger partial charge >= 0.3 is 0 Å². The van der Waals surface area contributed by atoms with Crippen LogP contribution in [0.3, 0.4) is 0 Å². The first kappa shape index (κ1) is 15.8. The zero-order valence-electron chi connectivity index (χ0n) is 13.9. The largest absolute Gasteiger partial charge is 0.489 e. The second kappa shape index (κ2) is 7.02. The number of ether oxygens (including phenoxy) is 1. The van der Waals surface area contributed by atoms with Crippen molar-refractivity contribution in [3.05, 3.63) is 89.0 Å². The molecule has 24 heavy (non-hydrogen) atoms. The molecule has 3 aromatic rings. The van der Waals surface area contributed by atoms with Crippen LogP contribution in [0.25, 0.3) is 11.1 Å². The summed E-state index contributed by atoms with van der Waals surface area (Å²) < 4.78 is 5.91. The molecule has 3 aromatic carbocycles. The van der Waals surface area contributed by atoms with Crippen LogP contribution in [-0.4, -0.2) is 0 Å². The average Bonchev–Trinajstić information content (AvgIpc) is 2.63. The van der Waals surface area contributed by atoms with Crippen molar-refractivity contribution in [3.8, 4) is 22.9 Å². The summed E-state index contributed by atoms with van der Waals surface area (Å²) in [7, 11) is 0. The molecule has 0 bridgehead atoms. The highest BCUT2D eigenvalue weighted by atomic mass is 16.5. The van der Waals surface area contributed by atoms with Gasteiger partial charge in [0.05, 0.1) is 11.6 Å². The SMILES string of the molecule is Cc1ccc(C)c(COc2ccc(-c3ccc(C#N)cc3)cc2)c1. The molecule has 0 unspecified atom stereocenters. The number of aryl methyl sites for hydroxylation is 2. The molecule has 0 radical (unpaired) electrons. The summed E-state index contributed by atoms with van der Waals surface area (Å²) in [4.78, 5) is 0. The molecule has 0 spiro atoms. The van der Waals surface area contributed by atoms with E-state index in [1.165, 1.54) is 16.7 Å². The topological polar surface area (TPSA) is 33.0 Å². The molecule has 0 aromatic heterocycles. The summed E-state index contributed by atoms with van der Waals surface area (Å²) in [5, 5.41) is 8.86. The summed E-state index contributed by atoms with van der Waals surface area (Å²) in [5.74, 6) is 0.855. The molecule has 0 saturated heterocycles. The first-order valence-corrected chi connectivity index (χ1v) is 7.95. The van der Waals surface area contributed by atoms with Crippen LogP contribution >= 0.6 is 0 Å². The second-order valence-electron chi connectivity index (χ2n) is 5.93. The van der Waals surface area contributed by atoms with Crippen LogP contribution in [0.2, 0.25) is 0 Å². The number of hydrogen-bond acceptors (Lipinski definition) is 2. The predicted molar refractivity (Wildman–Crippen MR) is 96.8 cm³/mol. The number of benzene rings is 3. The fraction of sp³-hybridized carbons (Fsp3) is 0.136.